The third-order valence-corrected chi connectivity index (χ3v) is 7.52. The second-order valence-corrected chi connectivity index (χ2v) is 9.56. The summed E-state index contributed by atoms with van der Waals surface area (Å²) in [6, 6.07) is 11.9. The Kier molecular flexibility index (Phi) is 11.8. The van der Waals surface area contributed by atoms with Crippen molar-refractivity contribution in [3.8, 4) is 0 Å². The summed E-state index contributed by atoms with van der Waals surface area (Å²) in [6.07, 6.45) is 7.12. The number of piperidine rings is 2. The van der Waals surface area contributed by atoms with Gasteiger partial charge in [0.05, 0.1) is 0 Å². The first-order valence-corrected chi connectivity index (χ1v) is 12.2. The molecule has 3 aliphatic rings. The van der Waals surface area contributed by atoms with E-state index in [-0.39, 0.29) is 30.7 Å². The number of hydrogen-bond donors (Lipinski definition) is 1. The second-order valence-electron chi connectivity index (χ2n) is 9.56. The quantitative estimate of drug-likeness (QED) is 0.670. The Morgan fingerprint density at radius 2 is 1.66 bits per heavy atom. The van der Waals surface area contributed by atoms with Crippen LogP contribution in [-0.4, -0.2) is 85.0 Å². The number of carbonyl (C=O) groups excluding carboxylic acids is 1. The summed E-state index contributed by atoms with van der Waals surface area (Å²) in [5, 5.41) is 3.39. The van der Waals surface area contributed by atoms with Crippen molar-refractivity contribution in [3.63, 3.8) is 0 Å². The number of nitrogens with one attached hydrogen (secondary N) is 1. The van der Waals surface area contributed by atoms with Crippen molar-refractivity contribution in [3.05, 3.63) is 35.9 Å². The monoisotopic (exact) mass is 484 g/mol. The SMILES string of the molecule is CC1CNCCN1C(=O)C1CCN(C2CCN(CCCc3ccccc3)CC2)CC1.Cl.Cl. The standard InChI is InChI=1S/C25H40N4O.2ClH/c1-21-20-26-13-19-29(21)25(30)23-9-17-28(18-10-23)24-11-15-27(16-12-24)14-5-8-22-6-3-2-4-7-22;;/h2-4,6-7,21,23-24,26H,5,8-20H2,1H3;2*1H. The van der Waals surface area contributed by atoms with Crippen LogP contribution in [0.5, 0.6) is 0 Å². The van der Waals surface area contributed by atoms with E-state index in [1.165, 1.54) is 50.9 Å². The molecule has 0 aromatic heterocycles. The van der Waals surface area contributed by atoms with Gasteiger partial charge in [-0.15, -0.1) is 24.8 Å². The molecule has 3 aliphatic heterocycles. The number of piperazine rings is 1. The lowest BCUT2D eigenvalue weighted by Gasteiger charge is -2.43. The fraction of sp³-hybridized carbons (Fsp3) is 0.720. The summed E-state index contributed by atoms with van der Waals surface area (Å²) < 4.78 is 0. The number of hydrogen-bond acceptors (Lipinski definition) is 4. The molecule has 0 radical (unpaired) electrons. The first-order chi connectivity index (χ1) is 14.7. The number of benzene rings is 1. The highest BCUT2D eigenvalue weighted by atomic mass is 35.5. The Hall–Kier alpha value is -0.850. The van der Waals surface area contributed by atoms with Crippen LogP contribution in [0, 0.1) is 5.92 Å². The first-order valence-electron chi connectivity index (χ1n) is 12.2. The number of nitrogens with zero attached hydrogens (tertiary/aromatic N) is 3. The van der Waals surface area contributed by atoms with Gasteiger partial charge in [-0.3, -0.25) is 4.79 Å². The van der Waals surface area contributed by atoms with Gasteiger partial charge in [0.1, 0.15) is 0 Å². The maximum Gasteiger partial charge on any atom is 0.226 e. The molecule has 4 rings (SSSR count). The van der Waals surface area contributed by atoms with Crippen molar-refractivity contribution < 1.29 is 4.79 Å². The summed E-state index contributed by atoms with van der Waals surface area (Å²) in [5.74, 6) is 0.664. The summed E-state index contributed by atoms with van der Waals surface area (Å²) in [4.78, 5) is 20.4. The predicted molar refractivity (Wildman–Crippen MR) is 137 cm³/mol. The zero-order chi connectivity index (χ0) is 20.8. The first kappa shape index (κ1) is 27.4. The van der Waals surface area contributed by atoms with E-state index in [2.05, 4.69) is 57.3 Å². The zero-order valence-electron chi connectivity index (χ0n) is 19.6. The maximum absolute atomic E-state index is 13.0. The fourth-order valence-corrected chi connectivity index (χ4v) is 5.57. The molecule has 0 aliphatic carbocycles. The molecular weight excluding hydrogens is 443 g/mol. The summed E-state index contributed by atoms with van der Waals surface area (Å²) >= 11 is 0. The molecule has 182 valence electrons. The van der Waals surface area contributed by atoms with Crippen molar-refractivity contribution in [2.75, 3.05) is 52.4 Å². The molecule has 1 atom stereocenters. The van der Waals surface area contributed by atoms with Crippen molar-refractivity contribution >= 4 is 30.7 Å². The smallest absolute Gasteiger partial charge is 0.226 e. The molecule has 1 aromatic carbocycles. The minimum absolute atomic E-state index is 0. The van der Waals surface area contributed by atoms with Crippen LogP contribution in [-0.2, 0) is 11.2 Å². The molecule has 3 heterocycles. The Labute approximate surface area is 207 Å². The van der Waals surface area contributed by atoms with Gasteiger partial charge < -0.3 is 20.0 Å². The van der Waals surface area contributed by atoms with E-state index in [4.69, 9.17) is 0 Å². The number of halogens is 2. The highest BCUT2D eigenvalue weighted by Gasteiger charge is 2.34. The Morgan fingerprint density at radius 1 is 0.969 bits per heavy atom. The van der Waals surface area contributed by atoms with Crippen LogP contribution in [0.15, 0.2) is 30.3 Å². The minimum atomic E-state index is 0. The lowest BCUT2D eigenvalue weighted by molar-refractivity contribution is -0.140. The van der Waals surface area contributed by atoms with Gasteiger partial charge in [0, 0.05) is 37.6 Å². The molecular formula is C25H42Cl2N4O. The van der Waals surface area contributed by atoms with Gasteiger partial charge in [0.25, 0.3) is 0 Å². The van der Waals surface area contributed by atoms with Crippen molar-refractivity contribution in [2.45, 2.75) is 57.5 Å². The van der Waals surface area contributed by atoms with Crippen LogP contribution < -0.4 is 5.32 Å². The van der Waals surface area contributed by atoms with E-state index in [0.717, 1.165) is 51.6 Å². The van der Waals surface area contributed by atoms with Gasteiger partial charge in [0.15, 0.2) is 0 Å². The summed E-state index contributed by atoms with van der Waals surface area (Å²) in [7, 11) is 0. The zero-order valence-corrected chi connectivity index (χ0v) is 21.2. The predicted octanol–water partition coefficient (Wildman–Crippen LogP) is 3.46. The molecule has 1 aromatic rings. The normalized spacial score (nSPS) is 23.9. The molecule has 3 fully saturated rings. The minimum Gasteiger partial charge on any atom is -0.337 e. The largest absolute Gasteiger partial charge is 0.337 e. The second kappa shape index (κ2) is 13.8. The van der Waals surface area contributed by atoms with E-state index < -0.39 is 0 Å². The molecule has 0 saturated carbocycles. The third-order valence-electron chi connectivity index (χ3n) is 7.52. The Morgan fingerprint density at radius 3 is 2.31 bits per heavy atom. The molecule has 1 N–H and O–H groups in total. The van der Waals surface area contributed by atoms with E-state index in [9.17, 15) is 4.79 Å². The average Bonchev–Trinajstić information content (AvgIpc) is 2.80. The van der Waals surface area contributed by atoms with Gasteiger partial charge in [0.2, 0.25) is 5.91 Å². The van der Waals surface area contributed by atoms with E-state index in [1.807, 2.05) is 0 Å². The van der Waals surface area contributed by atoms with Gasteiger partial charge >= 0.3 is 0 Å². The molecule has 32 heavy (non-hydrogen) atoms. The lowest BCUT2D eigenvalue weighted by atomic mass is 9.91. The van der Waals surface area contributed by atoms with E-state index in [0.29, 0.717) is 11.9 Å². The van der Waals surface area contributed by atoms with Crippen molar-refractivity contribution in [1.29, 1.82) is 0 Å². The van der Waals surface area contributed by atoms with Gasteiger partial charge in [-0.1, -0.05) is 30.3 Å². The average molecular weight is 486 g/mol. The van der Waals surface area contributed by atoms with Crippen LogP contribution in [0.4, 0.5) is 0 Å². The number of likely N-dealkylation sites (tertiary alicyclic amines) is 2. The number of aryl methyl sites for hydroxylation is 1. The molecule has 7 heteroatoms. The van der Waals surface area contributed by atoms with Crippen LogP contribution in [0.1, 0.15) is 44.6 Å². The van der Waals surface area contributed by atoms with Crippen molar-refractivity contribution in [2.24, 2.45) is 5.92 Å². The van der Waals surface area contributed by atoms with Crippen LogP contribution in [0.25, 0.3) is 0 Å². The highest BCUT2D eigenvalue weighted by molar-refractivity contribution is 5.85. The summed E-state index contributed by atoms with van der Waals surface area (Å²) in [6.45, 7) is 10.8. The lowest BCUT2D eigenvalue weighted by Crippen LogP contribution is -2.55. The van der Waals surface area contributed by atoms with E-state index >= 15 is 0 Å². The van der Waals surface area contributed by atoms with Crippen LogP contribution in [0.3, 0.4) is 0 Å². The highest BCUT2D eigenvalue weighted by Crippen LogP contribution is 2.26. The topological polar surface area (TPSA) is 38.8 Å². The third kappa shape index (κ3) is 7.33. The van der Waals surface area contributed by atoms with Crippen molar-refractivity contribution in [1.82, 2.24) is 20.0 Å². The molecule has 0 bridgehead atoms. The van der Waals surface area contributed by atoms with Gasteiger partial charge in [-0.2, -0.15) is 0 Å². The maximum atomic E-state index is 13.0. The van der Waals surface area contributed by atoms with E-state index in [1.54, 1.807) is 0 Å². The molecule has 3 saturated heterocycles. The molecule has 1 amide bonds. The molecule has 5 nitrogen and oxygen atoms in total. The van der Waals surface area contributed by atoms with Crippen LogP contribution in [0.2, 0.25) is 0 Å². The number of carbonyl (C=O) groups is 1. The van der Waals surface area contributed by atoms with Gasteiger partial charge in [-0.25, -0.2) is 0 Å². The molecule has 1 unspecified atom stereocenters. The fourth-order valence-electron chi connectivity index (χ4n) is 5.57. The van der Waals surface area contributed by atoms with Gasteiger partial charge in [-0.05, 0) is 83.7 Å². The Bertz CT molecular complexity index is 661. The Balaban J connectivity index is 0.00000181. The van der Waals surface area contributed by atoms with Crippen LogP contribution >= 0.6 is 24.8 Å². The number of rotatable bonds is 6. The number of amides is 1. The summed E-state index contributed by atoms with van der Waals surface area (Å²) in [5.41, 5.74) is 1.46. The molecule has 0 spiro atoms.